The highest BCUT2D eigenvalue weighted by Gasteiger charge is 2.24. The summed E-state index contributed by atoms with van der Waals surface area (Å²) in [6.45, 7) is 2.36. The Balaban J connectivity index is 1.64. The van der Waals surface area contributed by atoms with Crippen molar-refractivity contribution in [1.29, 1.82) is 0 Å². The lowest BCUT2D eigenvalue weighted by molar-refractivity contribution is 0.395. The fourth-order valence-corrected chi connectivity index (χ4v) is 3.64. The van der Waals surface area contributed by atoms with Crippen molar-refractivity contribution >= 4 is 11.0 Å². The maximum atomic E-state index is 4.92. The van der Waals surface area contributed by atoms with E-state index in [0.29, 0.717) is 5.92 Å². The van der Waals surface area contributed by atoms with Crippen LogP contribution in [0.5, 0.6) is 0 Å². The summed E-state index contributed by atoms with van der Waals surface area (Å²) in [5.41, 5.74) is 3.93. The second-order valence-electron chi connectivity index (χ2n) is 6.54. The van der Waals surface area contributed by atoms with Gasteiger partial charge < -0.3 is 9.88 Å². The van der Waals surface area contributed by atoms with Crippen LogP contribution >= 0.6 is 0 Å². The molecule has 0 bridgehead atoms. The van der Waals surface area contributed by atoms with Gasteiger partial charge >= 0.3 is 0 Å². The number of hydrogen-bond donors (Lipinski definition) is 1. The summed E-state index contributed by atoms with van der Waals surface area (Å²) in [6.07, 6.45) is 6.51. The van der Waals surface area contributed by atoms with Gasteiger partial charge in [0.1, 0.15) is 5.82 Å². The lowest BCUT2D eigenvalue weighted by Crippen LogP contribution is -2.13. The van der Waals surface area contributed by atoms with Crippen LogP contribution in [0, 0.1) is 5.92 Å². The zero-order chi connectivity index (χ0) is 13.5. The smallest absolute Gasteiger partial charge is 0.112 e. The summed E-state index contributed by atoms with van der Waals surface area (Å²) < 4.78 is 2.31. The Morgan fingerprint density at radius 1 is 1.30 bits per heavy atom. The topological polar surface area (TPSA) is 29.9 Å². The monoisotopic (exact) mass is 269 g/mol. The summed E-state index contributed by atoms with van der Waals surface area (Å²) in [6, 6.07) is 6.88. The molecule has 3 nitrogen and oxygen atoms in total. The SMILES string of the molecule is Cn1c(C2CCC2)nc2cc(CC3CCNC3)ccc21. The Bertz CT molecular complexity index is 618. The third kappa shape index (κ3) is 2.05. The molecule has 1 aliphatic carbocycles. The molecule has 1 atom stereocenters. The van der Waals surface area contributed by atoms with E-state index in [1.165, 1.54) is 67.6 Å². The molecule has 1 saturated heterocycles. The van der Waals surface area contributed by atoms with Gasteiger partial charge in [0.2, 0.25) is 0 Å². The average molecular weight is 269 g/mol. The Labute approximate surface area is 120 Å². The fraction of sp³-hybridized carbons (Fsp3) is 0.588. The number of rotatable bonds is 3. The van der Waals surface area contributed by atoms with Crippen LogP contribution in [0.1, 0.15) is 43.0 Å². The van der Waals surface area contributed by atoms with E-state index in [1.54, 1.807) is 0 Å². The average Bonchev–Trinajstić information content (AvgIpc) is 2.98. The molecule has 0 spiro atoms. The van der Waals surface area contributed by atoms with Crippen LogP contribution in [0.3, 0.4) is 0 Å². The molecule has 1 aromatic heterocycles. The lowest BCUT2D eigenvalue weighted by Gasteiger charge is -2.24. The Morgan fingerprint density at radius 3 is 2.90 bits per heavy atom. The van der Waals surface area contributed by atoms with Crippen LogP contribution < -0.4 is 5.32 Å². The van der Waals surface area contributed by atoms with Gasteiger partial charge in [0.25, 0.3) is 0 Å². The third-order valence-corrected chi connectivity index (χ3v) is 5.14. The first-order chi connectivity index (χ1) is 9.81. The molecule has 2 aromatic rings. The number of fused-ring (bicyclic) bond motifs is 1. The Hall–Kier alpha value is -1.35. The maximum absolute atomic E-state index is 4.92. The third-order valence-electron chi connectivity index (χ3n) is 5.14. The molecule has 1 aliphatic heterocycles. The van der Waals surface area contributed by atoms with Gasteiger partial charge in [-0.15, -0.1) is 0 Å². The van der Waals surface area contributed by atoms with E-state index < -0.39 is 0 Å². The van der Waals surface area contributed by atoms with Gasteiger partial charge in [-0.25, -0.2) is 4.98 Å². The number of hydrogen-bond acceptors (Lipinski definition) is 2. The highest BCUT2D eigenvalue weighted by Crippen LogP contribution is 2.36. The van der Waals surface area contributed by atoms with Crippen molar-refractivity contribution in [3.05, 3.63) is 29.6 Å². The van der Waals surface area contributed by atoms with Gasteiger partial charge in [-0.1, -0.05) is 12.5 Å². The number of benzene rings is 1. The molecule has 0 radical (unpaired) electrons. The molecular weight excluding hydrogens is 246 g/mol. The van der Waals surface area contributed by atoms with Crippen molar-refractivity contribution in [2.45, 2.75) is 38.0 Å². The number of imidazole rings is 1. The van der Waals surface area contributed by atoms with Gasteiger partial charge in [-0.3, -0.25) is 0 Å². The Morgan fingerprint density at radius 2 is 2.20 bits per heavy atom. The van der Waals surface area contributed by atoms with Crippen molar-refractivity contribution in [2.24, 2.45) is 13.0 Å². The lowest BCUT2D eigenvalue weighted by atomic mass is 9.85. The highest BCUT2D eigenvalue weighted by atomic mass is 15.1. The van der Waals surface area contributed by atoms with Crippen LogP contribution in [0.2, 0.25) is 0 Å². The standard InChI is InChI=1S/C17H23N3/c1-20-16-6-5-12(9-13-7-8-18-11-13)10-15(16)19-17(20)14-3-2-4-14/h5-6,10,13-14,18H,2-4,7-9,11H2,1H3. The predicted octanol–water partition coefficient (Wildman–Crippen LogP) is 2.99. The zero-order valence-electron chi connectivity index (χ0n) is 12.2. The predicted molar refractivity (Wildman–Crippen MR) is 82.0 cm³/mol. The van der Waals surface area contributed by atoms with E-state index in [-0.39, 0.29) is 0 Å². The molecule has 2 fully saturated rings. The quantitative estimate of drug-likeness (QED) is 0.928. The zero-order valence-corrected chi connectivity index (χ0v) is 12.2. The van der Waals surface area contributed by atoms with Crippen molar-refractivity contribution in [1.82, 2.24) is 14.9 Å². The van der Waals surface area contributed by atoms with Gasteiger partial charge in [0.05, 0.1) is 11.0 Å². The molecule has 1 saturated carbocycles. The minimum absolute atomic E-state index is 0.704. The van der Waals surface area contributed by atoms with Gasteiger partial charge in [-0.05, 0) is 62.4 Å². The van der Waals surface area contributed by atoms with Gasteiger partial charge in [0.15, 0.2) is 0 Å². The summed E-state index contributed by atoms with van der Waals surface area (Å²) in [4.78, 5) is 4.92. The van der Waals surface area contributed by atoms with E-state index in [9.17, 15) is 0 Å². The minimum Gasteiger partial charge on any atom is -0.331 e. The molecule has 20 heavy (non-hydrogen) atoms. The second-order valence-corrected chi connectivity index (χ2v) is 6.54. The van der Waals surface area contributed by atoms with Crippen molar-refractivity contribution in [2.75, 3.05) is 13.1 Å². The van der Waals surface area contributed by atoms with Crippen LogP contribution in [-0.4, -0.2) is 22.6 Å². The van der Waals surface area contributed by atoms with Gasteiger partial charge in [-0.2, -0.15) is 0 Å². The van der Waals surface area contributed by atoms with E-state index in [4.69, 9.17) is 4.98 Å². The van der Waals surface area contributed by atoms with E-state index in [2.05, 4.69) is 35.1 Å². The largest absolute Gasteiger partial charge is 0.331 e. The molecule has 106 valence electrons. The van der Waals surface area contributed by atoms with Crippen LogP contribution in [0.4, 0.5) is 0 Å². The van der Waals surface area contributed by atoms with Crippen LogP contribution in [0.25, 0.3) is 11.0 Å². The minimum atomic E-state index is 0.704. The normalized spacial score (nSPS) is 23.4. The van der Waals surface area contributed by atoms with E-state index in [0.717, 1.165) is 5.92 Å². The summed E-state index contributed by atoms with van der Waals surface area (Å²) in [5, 5.41) is 3.45. The highest BCUT2D eigenvalue weighted by molar-refractivity contribution is 5.77. The first kappa shape index (κ1) is 12.4. The fourth-order valence-electron chi connectivity index (χ4n) is 3.64. The number of aryl methyl sites for hydroxylation is 1. The van der Waals surface area contributed by atoms with Crippen LogP contribution in [-0.2, 0) is 13.5 Å². The summed E-state index contributed by atoms with van der Waals surface area (Å²) in [7, 11) is 2.17. The first-order valence-electron chi connectivity index (χ1n) is 7.97. The number of nitrogens with zero attached hydrogens (tertiary/aromatic N) is 2. The van der Waals surface area contributed by atoms with E-state index in [1.807, 2.05) is 0 Å². The second kappa shape index (κ2) is 4.88. The summed E-state index contributed by atoms with van der Waals surface area (Å²) in [5.74, 6) is 2.81. The molecule has 1 unspecified atom stereocenters. The Kier molecular flexibility index (Phi) is 3.03. The molecule has 4 rings (SSSR count). The molecule has 1 N–H and O–H groups in total. The van der Waals surface area contributed by atoms with Crippen LogP contribution in [0.15, 0.2) is 18.2 Å². The van der Waals surface area contributed by atoms with Crippen molar-refractivity contribution < 1.29 is 0 Å². The van der Waals surface area contributed by atoms with Crippen molar-refractivity contribution in [3.8, 4) is 0 Å². The molecule has 2 heterocycles. The molecule has 0 amide bonds. The molecular formula is C17H23N3. The number of aromatic nitrogens is 2. The number of nitrogens with one attached hydrogen (secondary N) is 1. The van der Waals surface area contributed by atoms with Gasteiger partial charge in [0, 0.05) is 13.0 Å². The van der Waals surface area contributed by atoms with Crippen molar-refractivity contribution in [3.63, 3.8) is 0 Å². The molecule has 1 aromatic carbocycles. The maximum Gasteiger partial charge on any atom is 0.112 e. The van der Waals surface area contributed by atoms with E-state index >= 15 is 0 Å². The summed E-state index contributed by atoms with van der Waals surface area (Å²) >= 11 is 0. The molecule has 2 aliphatic rings. The first-order valence-corrected chi connectivity index (χ1v) is 7.97. The molecule has 3 heteroatoms.